The lowest BCUT2D eigenvalue weighted by molar-refractivity contribution is 0.104. The summed E-state index contributed by atoms with van der Waals surface area (Å²) < 4.78 is 2.03. The summed E-state index contributed by atoms with van der Waals surface area (Å²) in [5.41, 5.74) is 5.53. The van der Waals surface area contributed by atoms with E-state index < -0.39 is 0 Å². The van der Waals surface area contributed by atoms with E-state index in [1.807, 2.05) is 90.3 Å². The van der Waals surface area contributed by atoms with Crippen LogP contribution in [0.4, 0.5) is 0 Å². The Morgan fingerprint density at radius 3 is 2.28 bits per heavy atom. The lowest BCUT2D eigenvalue weighted by Gasteiger charge is -2.03. The molecule has 3 aromatic carbocycles. The van der Waals surface area contributed by atoms with Crippen LogP contribution in [0.1, 0.15) is 20.9 Å². The van der Waals surface area contributed by atoms with E-state index in [1.165, 1.54) is 0 Å². The molecule has 5 rings (SSSR count). The number of thiazole rings is 1. The predicted molar refractivity (Wildman–Crippen MR) is 133 cm³/mol. The fourth-order valence-corrected chi connectivity index (χ4v) is 4.62. The molecule has 0 fully saturated rings. The van der Waals surface area contributed by atoms with E-state index in [1.54, 1.807) is 17.4 Å². The molecular weight excluding hydrogens is 436 g/mol. The van der Waals surface area contributed by atoms with Crippen LogP contribution in [-0.2, 0) is 0 Å². The number of ketones is 1. The van der Waals surface area contributed by atoms with Crippen molar-refractivity contribution in [2.45, 2.75) is 6.92 Å². The van der Waals surface area contributed by atoms with Gasteiger partial charge >= 0.3 is 0 Å². The van der Waals surface area contributed by atoms with Gasteiger partial charge in [0.25, 0.3) is 0 Å². The molecule has 0 aliphatic rings. The van der Waals surface area contributed by atoms with E-state index in [0.29, 0.717) is 10.6 Å². The van der Waals surface area contributed by atoms with Crippen LogP contribution in [0.5, 0.6) is 0 Å². The van der Waals surface area contributed by atoms with Crippen LogP contribution >= 0.6 is 22.9 Å². The zero-order chi connectivity index (χ0) is 22.1. The molecule has 0 spiro atoms. The molecule has 0 N–H and O–H groups in total. The lowest BCUT2D eigenvalue weighted by atomic mass is 10.0. The summed E-state index contributed by atoms with van der Waals surface area (Å²) in [5, 5.41) is 0.678. The highest BCUT2D eigenvalue weighted by Crippen LogP contribution is 2.30. The largest absolute Gasteiger partial charge is 0.290 e. The maximum atomic E-state index is 12.9. The van der Waals surface area contributed by atoms with Crippen LogP contribution in [0.25, 0.3) is 33.4 Å². The Labute approximate surface area is 195 Å². The molecule has 0 unspecified atom stereocenters. The van der Waals surface area contributed by atoms with Crippen molar-refractivity contribution in [2.75, 3.05) is 0 Å². The molecule has 3 nitrogen and oxygen atoms in total. The van der Waals surface area contributed by atoms with Gasteiger partial charge in [-0.1, -0.05) is 78.3 Å². The van der Waals surface area contributed by atoms with E-state index in [-0.39, 0.29) is 5.78 Å². The molecular formula is C27H19ClN2OS. The van der Waals surface area contributed by atoms with E-state index in [2.05, 4.69) is 12.1 Å². The van der Waals surface area contributed by atoms with Gasteiger partial charge < -0.3 is 0 Å². The number of benzene rings is 3. The third kappa shape index (κ3) is 4.03. The first-order chi connectivity index (χ1) is 15.6. The van der Waals surface area contributed by atoms with Gasteiger partial charge in [-0.3, -0.25) is 9.20 Å². The molecule has 32 heavy (non-hydrogen) atoms. The van der Waals surface area contributed by atoms with Crippen molar-refractivity contribution >= 4 is 39.8 Å². The molecule has 2 aromatic heterocycles. The molecule has 0 saturated heterocycles. The Hall–Kier alpha value is -3.47. The lowest BCUT2D eigenvalue weighted by Crippen LogP contribution is -1.95. The summed E-state index contributed by atoms with van der Waals surface area (Å²) in [6.07, 6.45) is 5.52. The van der Waals surface area contributed by atoms with Crippen LogP contribution < -0.4 is 0 Å². The molecule has 0 aliphatic heterocycles. The van der Waals surface area contributed by atoms with Crippen LogP contribution in [0.15, 0.2) is 91.1 Å². The van der Waals surface area contributed by atoms with Gasteiger partial charge in [0.05, 0.1) is 11.4 Å². The normalized spacial score (nSPS) is 11.4. The number of rotatable bonds is 5. The first-order valence-corrected chi connectivity index (χ1v) is 11.4. The van der Waals surface area contributed by atoms with E-state index >= 15 is 0 Å². The quantitative estimate of drug-likeness (QED) is 0.202. The number of nitrogens with zero attached hydrogens (tertiary/aromatic N) is 2. The third-order valence-electron chi connectivity index (χ3n) is 5.27. The van der Waals surface area contributed by atoms with Crippen LogP contribution in [-0.4, -0.2) is 15.2 Å². The second kappa shape index (κ2) is 8.58. The Bertz CT molecular complexity index is 1430. The Balaban J connectivity index is 1.47. The van der Waals surface area contributed by atoms with Crippen molar-refractivity contribution in [1.82, 2.24) is 9.38 Å². The minimum Gasteiger partial charge on any atom is -0.290 e. The molecule has 0 amide bonds. The van der Waals surface area contributed by atoms with Crippen molar-refractivity contribution in [1.29, 1.82) is 0 Å². The summed E-state index contributed by atoms with van der Waals surface area (Å²) in [7, 11) is 0. The second-order valence-electron chi connectivity index (χ2n) is 7.49. The summed E-state index contributed by atoms with van der Waals surface area (Å²) >= 11 is 7.68. The highest BCUT2D eigenvalue weighted by atomic mass is 35.5. The van der Waals surface area contributed by atoms with Crippen LogP contribution in [0.3, 0.4) is 0 Å². The monoisotopic (exact) mass is 454 g/mol. The van der Waals surface area contributed by atoms with Crippen molar-refractivity contribution in [2.24, 2.45) is 0 Å². The first-order valence-electron chi connectivity index (χ1n) is 10.2. The number of carbonyl (C=O) groups excluding carboxylic acids is 1. The van der Waals surface area contributed by atoms with Gasteiger partial charge in [0.2, 0.25) is 0 Å². The maximum absolute atomic E-state index is 12.9. The number of hydrogen-bond acceptors (Lipinski definition) is 3. The van der Waals surface area contributed by atoms with Crippen molar-refractivity contribution < 1.29 is 4.79 Å². The van der Waals surface area contributed by atoms with Crippen molar-refractivity contribution in [3.63, 3.8) is 0 Å². The minimum atomic E-state index is -0.0476. The fourth-order valence-electron chi connectivity index (χ4n) is 3.66. The Morgan fingerprint density at radius 2 is 1.56 bits per heavy atom. The van der Waals surface area contributed by atoms with E-state index in [9.17, 15) is 4.79 Å². The Morgan fingerprint density at radius 1 is 0.906 bits per heavy atom. The van der Waals surface area contributed by atoms with Gasteiger partial charge in [-0.15, -0.1) is 11.3 Å². The highest BCUT2D eigenvalue weighted by molar-refractivity contribution is 7.17. The molecule has 5 heteroatoms. The first kappa shape index (κ1) is 20.4. The smallest absolute Gasteiger partial charge is 0.194 e. The number of aryl methyl sites for hydroxylation is 1. The van der Waals surface area contributed by atoms with Gasteiger partial charge in [-0.25, -0.2) is 4.98 Å². The highest BCUT2D eigenvalue weighted by Gasteiger charge is 2.14. The second-order valence-corrected chi connectivity index (χ2v) is 9.14. The van der Waals surface area contributed by atoms with Gasteiger partial charge in [0, 0.05) is 27.2 Å². The topological polar surface area (TPSA) is 34.4 Å². The molecule has 0 radical (unpaired) electrons. The summed E-state index contributed by atoms with van der Waals surface area (Å²) in [6.45, 7) is 2.05. The summed E-state index contributed by atoms with van der Waals surface area (Å²) in [6, 6.07) is 25.4. The maximum Gasteiger partial charge on any atom is 0.194 e. The zero-order valence-electron chi connectivity index (χ0n) is 17.3. The number of aromatic nitrogens is 2. The summed E-state index contributed by atoms with van der Waals surface area (Å²) in [5.74, 6) is -0.0476. The summed E-state index contributed by atoms with van der Waals surface area (Å²) in [4.78, 5) is 19.8. The molecule has 0 atom stereocenters. The van der Waals surface area contributed by atoms with Crippen molar-refractivity contribution in [3.05, 3.63) is 112 Å². The molecule has 2 heterocycles. The average Bonchev–Trinajstić information content (AvgIpc) is 3.34. The Kier molecular flexibility index (Phi) is 5.48. The average molecular weight is 455 g/mol. The molecule has 0 bridgehead atoms. The zero-order valence-corrected chi connectivity index (χ0v) is 18.9. The molecule has 0 saturated carbocycles. The predicted octanol–water partition coefficient (Wildman–Crippen LogP) is 7.59. The number of hydrogen-bond donors (Lipinski definition) is 0. The number of carbonyl (C=O) groups is 1. The van der Waals surface area contributed by atoms with Gasteiger partial charge in [-0.2, -0.15) is 0 Å². The molecule has 0 aliphatic carbocycles. The SMILES string of the molecule is Cc1cn2c(C=CC(=O)c3ccc(-c4ccccc4)cc3)c(-c3ccc(Cl)cc3)nc2s1. The van der Waals surface area contributed by atoms with Gasteiger partial charge in [0.15, 0.2) is 10.7 Å². The fraction of sp³-hybridized carbons (Fsp3) is 0.0370. The standard InChI is InChI=1S/C27H19ClN2OS/c1-18-17-30-24(26(29-27(30)32-18)22-11-13-23(28)14-12-22)15-16-25(31)21-9-7-20(8-10-21)19-5-3-2-4-6-19/h2-17H,1H3. The van der Waals surface area contributed by atoms with Crippen LogP contribution in [0, 0.1) is 6.92 Å². The van der Waals surface area contributed by atoms with Gasteiger partial charge in [-0.05, 0) is 42.3 Å². The van der Waals surface area contributed by atoms with Crippen LogP contribution in [0.2, 0.25) is 5.02 Å². The van der Waals surface area contributed by atoms with E-state index in [0.717, 1.165) is 37.9 Å². The number of fused-ring (bicyclic) bond motifs is 1. The van der Waals surface area contributed by atoms with Gasteiger partial charge in [0.1, 0.15) is 0 Å². The van der Waals surface area contributed by atoms with Crippen molar-refractivity contribution in [3.8, 4) is 22.4 Å². The number of imidazole rings is 1. The number of halogens is 1. The minimum absolute atomic E-state index is 0.0476. The molecule has 5 aromatic rings. The number of allylic oxidation sites excluding steroid dienone is 1. The molecule has 156 valence electrons. The van der Waals surface area contributed by atoms with E-state index in [4.69, 9.17) is 16.6 Å². The third-order valence-corrected chi connectivity index (χ3v) is 6.42.